The van der Waals surface area contributed by atoms with Crippen LogP contribution in [0.25, 0.3) is 0 Å². The van der Waals surface area contributed by atoms with Crippen LogP contribution in [0.1, 0.15) is 68.3 Å². The predicted molar refractivity (Wildman–Crippen MR) is 112 cm³/mol. The van der Waals surface area contributed by atoms with Crippen molar-refractivity contribution in [3.8, 4) is 11.8 Å². The van der Waals surface area contributed by atoms with Crippen molar-refractivity contribution in [2.24, 2.45) is 7.05 Å². The first-order chi connectivity index (χ1) is 13.7. The molecule has 1 saturated carbocycles. The SMILES string of the molecule is Cn1cc(C(=O)NC2CCC(Oc3ccc(C#N)c(Cl)c3)CC2)nc1C(C)(C)C. The van der Waals surface area contributed by atoms with Gasteiger partial charge in [0.25, 0.3) is 5.91 Å². The van der Waals surface area contributed by atoms with E-state index >= 15 is 0 Å². The Hall–Kier alpha value is -2.52. The summed E-state index contributed by atoms with van der Waals surface area (Å²) in [5.41, 5.74) is 0.786. The summed E-state index contributed by atoms with van der Waals surface area (Å²) in [5.74, 6) is 1.44. The van der Waals surface area contributed by atoms with Crippen molar-refractivity contribution < 1.29 is 9.53 Å². The Kier molecular flexibility index (Phi) is 6.18. The number of amides is 1. The minimum atomic E-state index is -0.126. The lowest BCUT2D eigenvalue weighted by atomic mass is 9.93. The van der Waals surface area contributed by atoms with Gasteiger partial charge < -0.3 is 14.6 Å². The third-order valence-electron chi connectivity index (χ3n) is 5.15. The highest BCUT2D eigenvalue weighted by molar-refractivity contribution is 6.31. The second-order valence-corrected chi connectivity index (χ2v) is 9.04. The van der Waals surface area contributed by atoms with Crippen LogP contribution >= 0.6 is 11.6 Å². The van der Waals surface area contributed by atoms with Gasteiger partial charge in [-0.3, -0.25) is 4.79 Å². The molecule has 1 heterocycles. The molecule has 154 valence electrons. The molecule has 6 nitrogen and oxygen atoms in total. The summed E-state index contributed by atoms with van der Waals surface area (Å²) in [6.07, 6.45) is 5.25. The summed E-state index contributed by atoms with van der Waals surface area (Å²) in [4.78, 5) is 17.1. The molecule has 0 atom stereocenters. The van der Waals surface area contributed by atoms with E-state index in [1.807, 2.05) is 17.7 Å². The van der Waals surface area contributed by atoms with Gasteiger partial charge in [-0.2, -0.15) is 5.26 Å². The quantitative estimate of drug-likeness (QED) is 0.805. The number of carbonyl (C=O) groups is 1. The standard InChI is InChI=1S/C22H27ClN4O2/c1-22(2,3)21-26-19(13-27(21)4)20(28)25-15-6-9-16(10-7-15)29-17-8-5-14(12-24)18(23)11-17/h5,8,11,13,15-16H,6-7,9-10H2,1-4H3,(H,25,28). The second kappa shape index (κ2) is 8.46. The number of imidazole rings is 1. The van der Waals surface area contributed by atoms with Gasteiger partial charge in [0.15, 0.2) is 0 Å². The number of nitrogens with one attached hydrogen (secondary N) is 1. The number of hydrogen-bond donors (Lipinski definition) is 1. The van der Waals surface area contributed by atoms with Crippen molar-refractivity contribution in [3.05, 3.63) is 46.5 Å². The summed E-state index contributed by atoms with van der Waals surface area (Å²) in [6, 6.07) is 7.28. The van der Waals surface area contributed by atoms with Crippen molar-refractivity contribution in [1.29, 1.82) is 5.26 Å². The molecular weight excluding hydrogens is 388 g/mol. The van der Waals surface area contributed by atoms with Gasteiger partial charge in [-0.1, -0.05) is 32.4 Å². The number of aryl methyl sites for hydroxylation is 1. The van der Waals surface area contributed by atoms with E-state index < -0.39 is 0 Å². The van der Waals surface area contributed by atoms with Crippen molar-refractivity contribution in [3.63, 3.8) is 0 Å². The fourth-order valence-corrected chi connectivity index (χ4v) is 3.92. The molecule has 0 aliphatic heterocycles. The highest BCUT2D eigenvalue weighted by atomic mass is 35.5. The zero-order chi connectivity index (χ0) is 21.2. The monoisotopic (exact) mass is 414 g/mol. The number of nitriles is 1. The number of nitrogens with zero attached hydrogens (tertiary/aromatic N) is 3. The third-order valence-corrected chi connectivity index (χ3v) is 5.47. The van der Waals surface area contributed by atoms with Gasteiger partial charge in [-0.15, -0.1) is 0 Å². The first-order valence-electron chi connectivity index (χ1n) is 9.88. The first kappa shape index (κ1) is 21.2. The Morgan fingerprint density at radius 3 is 2.55 bits per heavy atom. The Balaban J connectivity index is 1.53. The predicted octanol–water partition coefficient (Wildman–Crippen LogP) is 4.36. The Morgan fingerprint density at radius 2 is 2.00 bits per heavy atom. The van der Waals surface area contributed by atoms with Crippen molar-refractivity contribution >= 4 is 17.5 Å². The Labute approximate surface area is 176 Å². The van der Waals surface area contributed by atoms with Gasteiger partial charge in [-0.05, 0) is 37.8 Å². The minimum Gasteiger partial charge on any atom is -0.490 e. The van der Waals surface area contributed by atoms with Crippen LogP contribution in [0.5, 0.6) is 5.75 Å². The van der Waals surface area contributed by atoms with Crippen molar-refractivity contribution in [2.45, 2.75) is 64.0 Å². The molecule has 0 saturated heterocycles. The molecule has 1 aromatic heterocycles. The van der Waals surface area contributed by atoms with Gasteiger partial charge in [0.05, 0.1) is 16.7 Å². The largest absolute Gasteiger partial charge is 0.490 e. The van der Waals surface area contributed by atoms with E-state index in [2.05, 4.69) is 31.1 Å². The van der Waals surface area contributed by atoms with E-state index in [1.54, 1.807) is 24.4 Å². The van der Waals surface area contributed by atoms with E-state index in [9.17, 15) is 4.79 Å². The summed E-state index contributed by atoms with van der Waals surface area (Å²) in [6.45, 7) is 6.25. The lowest BCUT2D eigenvalue weighted by Crippen LogP contribution is -2.39. The number of aromatic nitrogens is 2. The fourth-order valence-electron chi connectivity index (χ4n) is 3.71. The smallest absolute Gasteiger partial charge is 0.271 e. The molecular formula is C22H27ClN4O2. The molecule has 1 amide bonds. The van der Waals surface area contributed by atoms with Crippen LogP contribution in [0.4, 0.5) is 0 Å². The van der Waals surface area contributed by atoms with Gasteiger partial charge in [0.2, 0.25) is 0 Å². The van der Waals surface area contributed by atoms with E-state index in [-0.39, 0.29) is 23.5 Å². The molecule has 29 heavy (non-hydrogen) atoms. The van der Waals surface area contributed by atoms with E-state index in [4.69, 9.17) is 21.6 Å². The molecule has 0 radical (unpaired) electrons. The first-order valence-corrected chi connectivity index (χ1v) is 10.3. The lowest BCUT2D eigenvalue weighted by Gasteiger charge is -2.29. The van der Waals surface area contributed by atoms with Crippen molar-refractivity contribution in [1.82, 2.24) is 14.9 Å². The molecule has 0 spiro atoms. The topological polar surface area (TPSA) is 79.9 Å². The van der Waals surface area contributed by atoms with Gasteiger partial charge in [-0.25, -0.2) is 4.98 Å². The maximum Gasteiger partial charge on any atom is 0.271 e. The van der Waals surface area contributed by atoms with E-state index in [0.717, 1.165) is 31.5 Å². The number of halogens is 1. The third kappa shape index (κ3) is 5.10. The van der Waals surface area contributed by atoms with Crippen LogP contribution in [0.3, 0.4) is 0 Å². The van der Waals surface area contributed by atoms with E-state index in [0.29, 0.717) is 22.0 Å². The highest BCUT2D eigenvalue weighted by Crippen LogP contribution is 2.27. The van der Waals surface area contributed by atoms with Crippen molar-refractivity contribution in [2.75, 3.05) is 0 Å². The Bertz CT molecular complexity index is 931. The van der Waals surface area contributed by atoms with Gasteiger partial charge in [0.1, 0.15) is 23.3 Å². The average Bonchev–Trinajstić information content (AvgIpc) is 3.06. The second-order valence-electron chi connectivity index (χ2n) is 8.63. The van der Waals surface area contributed by atoms with E-state index in [1.165, 1.54) is 0 Å². The summed E-state index contributed by atoms with van der Waals surface area (Å²) < 4.78 is 7.93. The highest BCUT2D eigenvalue weighted by Gasteiger charge is 2.26. The molecule has 1 fully saturated rings. The molecule has 1 aliphatic rings. The molecule has 1 N–H and O–H groups in total. The molecule has 0 bridgehead atoms. The summed E-state index contributed by atoms with van der Waals surface area (Å²) in [5, 5.41) is 12.5. The molecule has 0 unspecified atom stereocenters. The number of carbonyl (C=O) groups excluding carboxylic acids is 1. The molecule has 7 heteroatoms. The van der Waals surface area contributed by atoms with Crippen LogP contribution in [0, 0.1) is 11.3 Å². The van der Waals surface area contributed by atoms with Gasteiger partial charge >= 0.3 is 0 Å². The zero-order valence-electron chi connectivity index (χ0n) is 17.3. The normalized spacial score (nSPS) is 19.4. The maximum absolute atomic E-state index is 12.6. The molecule has 1 aromatic carbocycles. The number of ether oxygens (including phenoxy) is 1. The lowest BCUT2D eigenvalue weighted by molar-refractivity contribution is 0.0889. The minimum absolute atomic E-state index is 0.0782. The molecule has 2 aromatic rings. The Morgan fingerprint density at radius 1 is 1.31 bits per heavy atom. The fraction of sp³-hybridized carbons (Fsp3) is 0.500. The van der Waals surface area contributed by atoms with Crippen LogP contribution < -0.4 is 10.1 Å². The summed E-state index contributed by atoms with van der Waals surface area (Å²) in [7, 11) is 1.92. The average molecular weight is 415 g/mol. The molecule has 3 rings (SSSR count). The summed E-state index contributed by atoms with van der Waals surface area (Å²) >= 11 is 6.07. The molecule has 1 aliphatic carbocycles. The zero-order valence-corrected chi connectivity index (χ0v) is 18.1. The van der Waals surface area contributed by atoms with Crippen LogP contribution in [-0.2, 0) is 12.5 Å². The van der Waals surface area contributed by atoms with Crippen LogP contribution in [0.2, 0.25) is 5.02 Å². The maximum atomic E-state index is 12.6. The van der Waals surface area contributed by atoms with Crippen LogP contribution in [-0.4, -0.2) is 27.6 Å². The number of benzene rings is 1. The number of rotatable bonds is 4. The number of hydrogen-bond acceptors (Lipinski definition) is 4. The van der Waals surface area contributed by atoms with Gasteiger partial charge in [0, 0.05) is 30.8 Å². The van der Waals surface area contributed by atoms with Crippen LogP contribution in [0.15, 0.2) is 24.4 Å².